The van der Waals surface area contributed by atoms with Gasteiger partial charge in [-0.05, 0) is 5.04 Å². The van der Waals surface area contributed by atoms with Gasteiger partial charge in [0.2, 0.25) is 0 Å². The van der Waals surface area contributed by atoms with E-state index in [2.05, 4.69) is 33.9 Å². The SMILES string of the molecule is CCC(=O)CC(=O)[Si](C)(C)C(C)(C)C. The molecule has 0 unspecified atom stereocenters. The molecule has 0 atom stereocenters. The van der Waals surface area contributed by atoms with Crippen molar-refractivity contribution in [3.8, 4) is 0 Å². The van der Waals surface area contributed by atoms with Crippen molar-refractivity contribution in [2.45, 2.75) is 58.7 Å². The van der Waals surface area contributed by atoms with E-state index in [0.29, 0.717) is 6.42 Å². The predicted molar refractivity (Wildman–Crippen MR) is 62.1 cm³/mol. The van der Waals surface area contributed by atoms with E-state index in [4.69, 9.17) is 0 Å². The first-order chi connectivity index (χ1) is 6.13. The van der Waals surface area contributed by atoms with E-state index >= 15 is 0 Å². The second-order valence-electron chi connectivity index (χ2n) is 5.37. The van der Waals surface area contributed by atoms with E-state index < -0.39 is 8.07 Å². The minimum absolute atomic E-state index is 0.0398. The summed E-state index contributed by atoms with van der Waals surface area (Å²) in [6, 6.07) is 0. The van der Waals surface area contributed by atoms with Gasteiger partial charge < -0.3 is 4.79 Å². The summed E-state index contributed by atoms with van der Waals surface area (Å²) in [7, 11) is -1.95. The summed E-state index contributed by atoms with van der Waals surface area (Å²) in [4.78, 5) is 23.1. The molecule has 0 heterocycles. The highest BCUT2D eigenvalue weighted by Gasteiger charge is 2.42. The molecule has 0 N–H and O–H groups in total. The second kappa shape index (κ2) is 4.38. The Labute approximate surface area is 88.1 Å². The van der Waals surface area contributed by atoms with Gasteiger partial charge in [0.1, 0.15) is 19.3 Å². The Morgan fingerprint density at radius 3 is 1.86 bits per heavy atom. The third kappa shape index (κ3) is 3.05. The van der Waals surface area contributed by atoms with Crippen LogP contribution >= 0.6 is 0 Å². The van der Waals surface area contributed by atoms with E-state index in [0.717, 1.165) is 0 Å². The Kier molecular flexibility index (Phi) is 4.25. The van der Waals surface area contributed by atoms with E-state index in [-0.39, 0.29) is 22.6 Å². The molecule has 0 aromatic heterocycles. The Hall–Kier alpha value is -0.443. The van der Waals surface area contributed by atoms with Gasteiger partial charge in [-0.3, -0.25) is 4.79 Å². The van der Waals surface area contributed by atoms with Crippen molar-refractivity contribution in [1.82, 2.24) is 0 Å². The lowest BCUT2D eigenvalue weighted by Crippen LogP contribution is -2.46. The molecular formula is C11H22O2Si. The molecular weight excluding hydrogens is 192 g/mol. The Bertz CT molecular complexity index is 236. The molecule has 0 aliphatic carbocycles. The normalized spacial score (nSPS) is 12.7. The summed E-state index contributed by atoms with van der Waals surface area (Å²) < 4.78 is 0. The zero-order chi connectivity index (χ0) is 11.6. The zero-order valence-corrected chi connectivity index (χ0v) is 11.2. The lowest BCUT2D eigenvalue weighted by molar-refractivity contribution is -0.123. The maximum atomic E-state index is 11.9. The molecule has 0 aliphatic rings. The van der Waals surface area contributed by atoms with Crippen LogP contribution in [0.2, 0.25) is 18.1 Å². The largest absolute Gasteiger partial charge is 0.305 e. The quantitative estimate of drug-likeness (QED) is 0.532. The first-order valence-electron chi connectivity index (χ1n) is 5.18. The van der Waals surface area contributed by atoms with E-state index in [9.17, 15) is 9.59 Å². The summed E-state index contributed by atoms with van der Waals surface area (Å²) in [5, 5.41) is 0.231. The smallest absolute Gasteiger partial charge is 0.139 e. The number of ketones is 1. The molecule has 0 amide bonds. The molecule has 3 heteroatoms. The van der Waals surface area contributed by atoms with Crippen molar-refractivity contribution >= 4 is 19.3 Å². The van der Waals surface area contributed by atoms with Gasteiger partial charge in [-0.1, -0.05) is 40.8 Å². The van der Waals surface area contributed by atoms with Crippen molar-refractivity contribution in [3.63, 3.8) is 0 Å². The van der Waals surface area contributed by atoms with Crippen LogP contribution in [0.1, 0.15) is 40.5 Å². The van der Waals surface area contributed by atoms with Gasteiger partial charge in [-0.25, -0.2) is 0 Å². The van der Waals surface area contributed by atoms with Crippen LogP contribution in [0.4, 0.5) is 0 Å². The minimum atomic E-state index is -1.95. The Balaban J connectivity index is 4.61. The lowest BCUT2D eigenvalue weighted by atomic mass is 10.2. The highest BCUT2D eigenvalue weighted by molar-refractivity contribution is 7.06. The molecule has 0 saturated heterocycles. The maximum absolute atomic E-state index is 11.9. The standard InChI is InChI=1S/C11H22O2Si/c1-7-9(12)8-10(13)14(5,6)11(2,3)4/h7-8H2,1-6H3. The highest BCUT2D eigenvalue weighted by Crippen LogP contribution is 2.36. The fourth-order valence-corrected chi connectivity index (χ4v) is 2.42. The summed E-state index contributed by atoms with van der Waals surface area (Å²) in [6.07, 6.45) is 0.618. The van der Waals surface area contributed by atoms with Gasteiger partial charge >= 0.3 is 0 Å². The predicted octanol–water partition coefficient (Wildman–Crippen LogP) is 2.97. The lowest BCUT2D eigenvalue weighted by Gasteiger charge is -2.34. The van der Waals surface area contributed by atoms with Crippen LogP contribution in [-0.4, -0.2) is 19.3 Å². The van der Waals surface area contributed by atoms with Crippen LogP contribution in [0.15, 0.2) is 0 Å². The molecule has 0 spiro atoms. The average Bonchev–Trinajstić information content (AvgIpc) is 2.01. The fraction of sp³-hybridized carbons (Fsp3) is 0.818. The average molecular weight is 214 g/mol. The van der Waals surface area contributed by atoms with E-state index in [1.54, 1.807) is 6.92 Å². The first kappa shape index (κ1) is 13.6. The minimum Gasteiger partial charge on any atom is -0.305 e. The number of carbonyl (C=O) groups excluding carboxylic acids is 2. The number of hydrogen-bond donors (Lipinski definition) is 0. The van der Waals surface area contributed by atoms with Crippen molar-refractivity contribution in [3.05, 3.63) is 0 Å². The van der Waals surface area contributed by atoms with E-state index in [1.807, 2.05) is 0 Å². The maximum Gasteiger partial charge on any atom is 0.139 e. The molecule has 0 fully saturated rings. The summed E-state index contributed by atoms with van der Waals surface area (Å²) >= 11 is 0. The topological polar surface area (TPSA) is 34.1 Å². The number of Topliss-reactive ketones (excluding diaryl/α,β-unsaturated/α-hetero) is 1. The first-order valence-corrected chi connectivity index (χ1v) is 8.18. The van der Waals surface area contributed by atoms with Gasteiger partial charge in [0.05, 0.1) is 6.42 Å². The second-order valence-corrected chi connectivity index (χ2v) is 10.7. The third-order valence-corrected chi connectivity index (χ3v) is 8.65. The van der Waals surface area contributed by atoms with Crippen LogP contribution < -0.4 is 0 Å². The molecule has 0 aromatic rings. The number of rotatable bonds is 4. The third-order valence-electron chi connectivity index (χ3n) is 3.32. The van der Waals surface area contributed by atoms with Gasteiger partial charge in [0.15, 0.2) is 0 Å². The van der Waals surface area contributed by atoms with Gasteiger partial charge in [0.25, 0.3) is 0 Å². The molecule has 14 heavy (non-hydrogen) atoms. The van der Waals surface area contributed by atoms with Crippen LogP contribution in [0.3, 0.4) is 0 Å². The van der Waals surface area contributed by atoms with Gasteiger partial charge in [0, 0.05) is 6.42 Å². The van der Waals surface area contributed by atoms with Crippen LogP contribution in [-0.2, 0) is 9.59 Å². The molecule has 0 radical (unpaired) electrons. The summed E-state index contributed by atoms with van der Waals surface area (Å²) in [6.45, 7) is 12.2. The fourth-order valence-electron chi connectivity index (χ4n) is 0.943. The van der Waals surface area contributed by atoms with E-state index in [1.165, 1.54) is 0 Å². The highest BCUT2D eigenvalue weighted by atomic mass is 28.3. The number of hydrogen-bond acceptors (Lipinski definition) is 2. The molecule has 0 rings (SSSR count). The number of carbonyl (C=O) groups is 2. The molecule has 82 valence electrons. The Morgan fingerprint density at radius 1 is 1.14 bits per heavy atom. The van der Waals surface area contributed by atoms with Crippen molar-refractivity contribution < 1.29 is 9.59 Å². The van der Waals surface area contributed by atoms with Crippen LogP contribution in [0.25, 0.3) is 0 Å². The van der Waals surface area contributed by atoms with Gasteiger partial charge in [-0.2, -0.15) is 0 Å². The molecule has 0 aromatic carbocycles. The zero-order valence-electron chi connectivity index (χ0n) is 10.2. The molecule has 0 bridgehead atoms. The van der Waals surface area contributed by atoms with Crippen LogP contribution in [0, 0.1) is 0 Å². The van der Waals surface area contributed by atoms with Crippen molar-refractivity contribution in [2.75, 3.05) is 0 Å². The summed E-state index contributed by atoms with van der Waals surface area (Å²) in [5.41, 5.74) is 0. The van der Waals surface area contributed by atoms with Crippen LogP contribution in [0.5, 0.6) is 0 Å². The molecule has 0 saturated carbocycles. The molecule has 0 aliphatic heterocycles. The van der Waals surface area contributed by atoms with Gasteiger partial charge in [-0.15, -0.1) is 0 Å². The summed E-state index contributed by atoms with van der Waals surface area (Å²) in [5.74, 6) is 0.0693. The molecule has 2 nitrogen and oxygen atoms in total. The Morgan fingerprint density at radius 2 is 1.57 bits per heavy atom. The monoisotopic (exact) mass is 214 g/mol. The van der Waals surface area contributed by atoms with Crippen molar-refractivity contribution in [2.24, 2.45) is 0 Å². The van der Waals surface area contributed by atoms with Crippen molar-refractivity contribution in [1.29, 1.82) is 0 Å².